The van der Waals surface area contributed by atoms with Gasteiger partial charge in [-0.3, -0.25) is 4.79 Å². The quantitative estimate of drug-likeness (QED) is 0.663. The lowest BCUT2D eigenvalue weighted by molar-refractivity contribution is -0.123. The maximum atomic E-state index is 12.6. The molecule has 0 bridgehead atoms. The number of carbonyl (C=O) groups is 1. The summed E-state index contributed by atoms with van der Waals surface area (Å²) in [5, 5.41) is 7.11. The summed E-state index contributed by atoms with van der Waals surface area (Å²) in [4.78, 5) is 12.6. The normalized spacial score (nSPS) is 14.6. The molecule has 0 saturated heterocycles. The van der Waals surface area contributed by atoms with Gasteiger partial charge in [-0.2, -0.15) is 0 Å². The summed E-state index contributed by atoms with van der Waals surface area (Å²) < 4.78 is 11.1. The highest BCUT2D eigenvalue weighted by molar-refractivity contribution is 5.91. The van der Waals surface area contributed by atoms with E-state index >= 15 is 0 Å². The summed E-state index contributed by atoms with van der Waals surface area (Å²) in [6.07, 6.45) is 1.58. The Morgan fingerprint density at radius 2 is 1.77 bits per heavy atom. The molecule has 1 aliphatic carbocycles. The fourth-order valence-electron chi connectivity index (χ4n) is 2.98. The van der Waals surface area contributed by atoms with Crippen LogP contribution in [0.2, 0.25) is 0 Å². The molecule has 5 heteroatoms. The second-order valence-corrected chi connectivity index (χ2v) is 6.44. The number of para-hydroxylation sites is 1. The van der Waals surface area contributed by atoms with Crippen molar-refractivity contribution in [2.45, 2.75) is 18.3 Å². The predicted octanol–water partition coefficient (Wildman–Crippen LogP) is 3.57. The zero-order valence-electron chi connectivity index (χ0n) is 14.4. The molecule has 1 aliphatic rings. The van der Waals surface area contributed by atoms with E-state index in [4.69, 9.17) is 9.26 Å². The molecular formula is C21H20N2O3. The highest BCUT2D eigenvalue weighted by Crippen LogP contribution is 2.48. The maximum Gasteiger partial charge on any atom is 0.232 e. The molecule has 5 nitrogen and oxygen atoms in total. The number of nitrogens with one attached hydrogen (secondary N) is 1. The molecule has 1 N–H and O–H groups in total. The number of aromatic nitrogens is 1. The first-order valence-electron chi connectivity index (χ1n) is 8.77. The minimum atomic E-state index is -0.552. The van der Waals surface area contributed by atoms with Crippen LogP contribution in [0, 0.1) is 0 Å². The Bertz CT molecular complexity index is 871. The van der Waals surface area contributed by atoms with Gasteiger partial charge in [0.15, 0.2) is 5.76 Å². The van der Waals surface area contributed by atoms with Gasteiger partial charge in [0.25, 0.3) is 0 Å². The first-order valence-corrected chi connectivity index (χ1v) is 8.77. The number of ether oxygens (including phenoxy) is 1. The van der Waals surface area contributed by atoms with E-state index < -0.39 is 5.41 Å². The maximum absolute atomic E-state index is 12.6. The van der Waals surface area contributed by atoms with Gasteiger partial charge in [-0.15, -0.1) is 0 Å². The topological polar surface area (TPSA) is 64.4 Å². The molecule has 1 saturated carbocycles. The van der Waals surface area contributed by atoms with Crippen molar-refractivity contribution in [3.8, 4) is 17.1 Å². The van der Waals surface area contributed by atoms with Gasteiger partial charge >= 0.3 is 0 Å². The molecule has 3 aromatic rings. The van der Waals surface area contributed by atoms with Crippen molar-refractivity contribution < 1.29 is 14.1 Å². The highest BCUT2D eigenvalue weighted by Gasteiger charge is 2.53. The average Bonchev–Trinajstić information content (AvgIpc) is 3.36. The Kier molecular flexibility index (Phi) is 4.44. The van der Waals surface area contributed by atoms with Gasteiger partial charge in [-0.05, 0) is 25.0 Å². The molecule has 132 valence electrons. The summed E-state index contributed by atoms with van der Waals surface area (Å²) in [5.74, 6) is 1.47. The molecule has 0 unspecified atom stereocenters. The number of hydrogen-bond acceptors (Lipinski definition) is 4. The molecule has 0 aliphatic heterocycles. The fourth-order valence-corrected chi connectivity index (χ4v) is 2.98. The number of hydrogen-bond donors (Lipinski definition) is 1. The molecule has 1 heterocycles. The number of benzene rings is 2. The Labute approximate surface area is 152 Å². The monoisotopic (exact) mass is 348 g/mol. The molecule has 2 aromatic carbocycles. The van der Waals surface area contributed by atoms with Crippen LogP contribution in [0.1, 0.15) is 18.5 Å². The largest absolute Gasteiger partial charge is 0.492 e. The summed E-state index contributed by atoms with van der Waals surface area (Å²) in [7, 11) is 0. The lowest BCUT2D eigenvalue weighted by Crippen LogP contribution is -2.37. The minimum Gasteiger partial charge on any atom is -0.492 e. The third-order valence-electron chi connectivity index (χ3n) is 4.64. The molecule has 1 aromatic heterocycles. The SMILES string of the molecule is O=C(NCCOc1ccccc1)C1(c2cc(-c3ccccc3)on2)CC1. The summed E-state index contributed by atoms with van der Waals surface area (Å²) in [5.41, 5.74) is 1.11. The van der Waals surface area contributed by atoms with E-state index in [-0.39, 0.29) is 5.91 Å². The van der Waals surface area contributed by atoms with E-state index in [2.05, 4.69) is 10.5 Å². The van der Waals surface area contributed by atoms with Crippen molar-refractivity contribution in [3.05, 3.63) is 72.4 Å². The second-order valence-electron chi connectivity index (χ2n) is 6.44. The number of amides is 1. The van der Waals surface area contributed by atoms with E-state index in [0.717, 1.165) is 24.2 Å². The average molecular weight is 348 g/mol. The van der Waals surface area contributed by atoms with Crippen molar-refractivity contribution >= 4 is 5.91 Å². The van der Waals surface area contributed by atoms with Crippen LogP contribution < -0.4 is 10.1 Å². The molecule has 4 rings (SSSR count). The van der Waals surface area contributed by atoms with Crippen molar-refractivity contribution in [1.29, 1.82) is 0 Å². The van der Waals surface area contributed by atoms with Crippen LogP contribution >= 0.6 is 0 Å². The van der Waals surface area contributed by atoms with E-state index in [1.165, 1.54) is 0 Å². The van der Waals surface area contributed by atoms with Crippen LogP contribution in [0.25, 0.3) is 11.3 Å². The van der Waals surface area contributed by atoms with Gasteiger partial charge < -0.3 is 14.6 Å². The molecule has 1 amide bonds. The van der Waals surface area contributed by atoms with Crippen molar-refractivity contribution in [1.82, 2.24) is 10.5 Å². The van der Waals surface area contributed by atoms with Gasteiger partial charge in [0.2, 0.25) is 5.91 Å². The zero-order chi connectivity index (χ0) is 17.8. The molecule has 0 radical (unpaired) electrons. The fraction of sp³-hybridized carbons (Fsp3) is 0.238. The van der Waals surface area contributed by atoms with E-state index in [0.29, 0.717) is 24.6 Å². The van der Waals surface area contributed by atoms with Crippen LogP contribution in [0.4, 0.5) is 0 Å². The third kappa shape index (κ3) is 3.33. The van der Waals surface area contributed by atoms with Gasteiger partial charge in [0.05, 0.1) is 17.7 Å². The lowest BCUT2D eigenvalue weighted by atomic mass is 10.0. The van der Waals surface area contributed by atoms with Crippen LogP contribution in [0.3, 0.4) is 0 Å². The zero-order valence-corrected chi connectivity index (χ0v) is 14.4. The first-order chi connectivity index (χ1) is 12.8. The van der Waals surface area contributed by atoms with Crippen molar-refractivity contribution in [3.63, 3.8) is 0 Å². The molecular weight excluding hydrogens is 328 g/mol. The predicted molar refractivity (Wildman–Crippen MR) is 97.8 cm³/mol. The van der Waals surface area contributed by atoms with E-state index in [1.807, 2.05) is 66.7 Å². The van der Waals surface area contributed by atoms with Gasteiger partial charge in [-0.25, -0.2) is 0 Å². The lowest BCUT2D eigenvalue weighted by Gasteiger charge is -2.13. The Morgan fingerprint density at radius 3 is 2.46 bits per heavy atom. The Balaban J connectivity index is 1.35. The van der Waals surface area contributed by atoms with Crippen molar-refractivity contribution in [2.75, 3.05) is 13.2 Å². The minimum absolute atomic E-state index is 0.0120. The number of carbonyl (C=O) groups excluding carboxylic acids is 1. The van der Waals surface area contributed by atoms with Crippen LogP contribution in [0.15, 0.2) is 71.3 Å². The Morgan fingerprint density at radius 1 is 1.08 bits per heavy atom. The molecule has 0 spiro atoms. The number of rotatable bonds is 7. The summed E-state index contributed by atoms with van der Waals surface area (Å²) in [6.45, 7) is 0.888. The standard InChI is InChI=1S/C21H20N2O3/c24-20(22-13-14-25-17-9-5-2-6-10-17)21(11-12-21)19-15-18(26-23-19)16-7-3-1-4-8-16/h1-10,15H,11-14H2,(H,22,24). The van der Waals surface area contributed by atoms with Gasteiger partial charge in [-0.1, -0.05) is 53.7 Å². The first kappa shape index (κ1) is 16.4. The van der Waals surface area contributed by atoms with Crippen LogP contribution in [0.5, 0.6) is 5.75 Å². The molecule has 1 fully saturated rings. The highest BCUT2D eigenvalue weighted by atomic mass is 16.5. The van der Waals surface area contributed by atoms with Crippen LogP contribution in [-0.2, 0) is 10.2 Å². The molecule has 0 atom stereocenters. The van der Waals surface area contributed by atoms with E-state index in [1.54, 1.807) is 0 Å². The third-order valence-corrected chi connectivity index (χ3v) is 4.64. The van der Waals surface area contributed by atoms with E-state index in [9.17, 15) is 4.79 Å². The summed E-state index contributed by atoms with van der Waals surface area (Å²) >= 11 is 0. The summed E-state index contributed by atoms with van der Waals surface area (Å²) in [6, 6.07) is 21.2. The second kappa shape index (κ2) is 7.04. The molecule has 26 heavy (non-hydrogen) atoms. The smallest absolute Gasteiger partial charge is 0.232 e. The van der Waals surface area contributed by atoms with Gasteiger partial charge in [0.1, 0.15) is 12.4 Å². The number of nitrogens with zero attached hydrogens (tertiary/aromatic N) is 1. The van der Waals surface area contributed by atoms with Gasteiger partial charge in [0, 0.05) is 11.6 Å². The Hall–Kier alpha value is -3.08. The van der Waals surface area contributed by atoms with Crippen molar-refractivity contribution in [2.24, 2.45) is 0 Å². The van der Waals surface area contributed by atoms with Crippen LogP contribution in [-0.4, -0.2) is 24.2 Å².